The number of nitrogens with one attached hydrogen (secondary N) is 1. The van der Waals surface area contributed by atoms with Crippen molar-refractivity contribution >= 4 is 30.7 Å². The van der Waals surface area contributed by atoms with Crippen molar-refractivity contribution in [2.75, 3.05) is 13.1 Å². The number of hydrogen-bond acceptors (Lipinski definition) is 3. The topological polar surface area (TPSA) is 58.4 Å². The molecule has 1 heterocycles. The minimum atomic E-state index is -0.561. The highest BCUT2D eigenvalue weighted by Crippen LogP contribution is 2.32. The lowest BCUT2D eigenvalue weighted by Gasteiger charge is -2.34. The number of nitrogens with zero attached hydrogens (tertiary/aromatic N) is 1. The Balaban J connectivity index is 0.00000121. The molecule has 3 N–H and O–H groups in total. The molecule has 1 atom stereocenters. The van der Waals surface area contributed by atoms with Gasteiger partial charge in [0.2, 0.25) is 5.91 Å². The van der Waals surface area contributed by atoms with E-state index in [-0.39, 0.29) is 30.7 Å². The van der Waals surface area contributed by atoms with Crippen molar-refractivity contribution in [1.82, 2.24) is 10.2 Å². The molecule has 1 saturated carbocycles. The molecule has 0 aromatic heterocycles. The molecule has 0 saturated heterocycles. The van der Waals surface area contributed by atoms with Gasteiger partial charge in [0.15, 0.2) is 0 Å². The number of benzene rings is 1. The summed E-state index contributed by atoms with van der Waals surface area (Å²) in [5.74, 6) is 0.0155. The molecule has 1 amide bonds. The van der Waals surface area contributed by atoms with E-state index in [1.165, 1.54) is 11.1 Å². The second kappa shape index (κ2) is 7.64. The number of nitrogens with two attached hydrogens (primary N) is 1. The summed E-state index contributed by atoms with van der Waals surface area (Å²) in [5, 5.41) is 3.00. The van der Waals surface area contributed by atoms with Crippen LogP contribution in [0.3, 0.4) is 0 Å². The van der Waals surface area contributed by atoms with E-state index in [4.69, 9.17) is 5.73 Å². The van der Waals surface area contributed by atoms with E-state index in [0.29, 0.717) is 12.6 Å². The zero-order valence-corrected chi connectivity index (χ0v) is 14.5. The zero-order chi connectivity index (χ0) is 14.2. The Kier molecular flexibility index (Phi) is 6.68. The Labute approximate surface area is 144 Å². The standard InChI is InChI=1S/C16H23N3O.2ClH/c1-12(10-18-15(20)16(17)7-8-16)19-9-6-13-4-2-3-5-14(13)11-19;;/h2-5,12H,6-11,17H2,1H3,(H,18,20);2*1H. The Morgan fingerprint density at radius 2 is 1.95 bits per heavy atom. The van der Waals surface area contributed by atoms with Gasteiger partial charge in [0, 0.05) is 25.7 Å². The van der Waals surface area contributed by atoms with Crippen LogP contribution in [0.1, 0.15) is 30.9 Å². The number of rotatable bonds is 4. The molecule has 2 aliphatic rings. The highest BCUT2D eigenvalue weighted by molar-refractivity contribution is 5.88. The van der Waals surface area contributed by atoms with Crippen LogP contribution in [-0.4, -0.2) is 35.5 Å². The van der Waals surface area contributed by atoms with Gasteiger partial charge in [0.05, 0.1) is 5.54 Å². The fraction of sp³-hybridized carbons (Fsp3) is 0.562. The average Bonchev–Trinajstić information content (AvgIpc) is 3.23. The quantitative estimate of drug-likeness (QED) is 0.875. The van der Waals surface area contributed by atoms with Gasteiger partial charge in [-0.3, -0.25) is 9.69 Å². The third-order valence-corrected chi connectivity index (χ3v) is 4.58. The number of halogens is 2. The van der Waals surface area contributed by atoms with E-state index in [1.807, 2.05) is 0 Å². The Morgan fingerprint density at radius 1 is 1.32 bits per heavy atom. The summed E-state index contributed by atoms with van der Waals surface area (Å²) in [7, 11) is 0. The molecule has 124 valence electrons. The second-order valence-electron chi connectivity index (χ2n) is 6.20. The van der Waals surface area contributed by atoms with Gasteiger partial charge in [-0.1, -0.05) is 24.3 Å². The molecular formula is C16H25Cl2N3O. The monoisotopic (exact) mass is 345 g/mol. The molecule has 1 aliphatic carbocycles. The van der Waals surface area contributed by atoms with Crippen LogP contribution in [0.15, 0.2) is 24.3 Å². The van der Waals surface area contributed by atoms with Crippen molar-refractivity contribution in [3.05, 3.63) is 35.4 Å². The minimum absolute atomic E-state index is 0. The second-order valence-corrected chi connectivity index (χ2v) is 6.20. The van der Waals surface area contributed by atoms with Gasteiger partial charge in [0.1, 0.15) is 0 Å². The van der Waals surface area contributed by atoms with E-state index in [2.05, 4.69) is 41.4 Å². The van der Waals surface area contributed by atoms with E-state index < -0.39 is 5.54 Å². The number of amides is 1. The maximum Gasteiger partial charge on any atom is 0.240 e. The van der Waals surface area contributed by atoms with Gasteiger partial charge in [0.25, 0.3) is 0 Å². The molecule has 1 aromatic carbocycles. The van der Waals surface area contributed by atoms with E-state index in [9.17, 15) is 4.79 Å². The largest absolute Gasteiger partial charge is 0.353 e. The van der Waals surface area contributed by atoms with E-state index in [0.717, 1.165) is 32.4 Å². The normalized spacial score (nSPS) is 19.9. The van der Waals surface area contributed by atoms with Gasteiger partial charge < -0.3 is 11.1 Å². The smallest absolute Gasteiger partial charge is 0.240 e. The van der Waals surface area contributed by atoms with Crippen molar-refractivity contribution < 1.29 is 4.79 Å². The molecule has 22 heavy (non-hydrogen) atoms. The first-order valence-corrected chi connectivity index (χ1v) is 7.46. The minimum Gasteiger partial charge on any atom is -0.353 e. The van der Waals surface area contributed by atoms with Crippen LogP contribution in [0.25, 0.3) is 0 Å². The molecule has 4 nitrogen and oxygen atoms in total. The summed E-state index contributed by atoms with van der Waals surface area (Å²) >= 11 is 0. The number of fused-ring (bicyclic) bond motifs is 1. The SMILES string of the molecule is CC(CNC(=O)C1(N)CC1)N1CCc2ccccc2C1.Cl.Cl. The van der Waals surface area contributed by atoms with Gasteiger partial charge in [-0.25, -0.2) is 0 Å². The molecule has 1 fully saturated rings. The van der Waals surface area contributed by atoms with E-state index in [1.54, 1.807) is 0 Å². The van der Waals surface area contributed by atoms with Crippen LogP contribution in [0.2, 0.25) is 0 Å². The molecule has 0 bridgehead atoms. The molecule has 0 spiro atoms. The molecule has 0 radical (unpaired) electrons. The Bertz CT molecular complexity index is 520. The van der Waals surface area contributed by atoms with Crippen molar-refractivity contribution in [3.63, 3.8) is 0 Å². The van der Waals surface area contributed by atoms with Crippen LogP contribution in [0, 0.1) is 0 Å². The van der Waals surface area contributed by atoms with Crippen molar-refractivity contribution in [1.29, 1.82) is 0 Å². The van der Waals surface area contributed by atoms with Gasteiger partial charge in [-0.15, -0.1) is 24.8 Å². The fourth-order valence-corrected chi connectivity index (χ4v) is 2.80. The zero-order valence-electron chi connectivity index (χ0n) is 12.9. The molecule has 3 rings (SSSR count). The summed E-state index contributed by atoms with van der Waals surface area (Å²) < 4.78 is 0. The lowest BCUT2D eigenvalue weighted by Crippen LogP contribution is -2.49. The van der Waals surface area contributed by atoms with Crippen molar-refractivity contribution in [3.8, 4) is 0 Å². The Morgan fingerprint density at radius 3 is 2.59 bits per heavy atom. The first kappa shape index (κ1) is 19.2. The first-order valence-electron chi connectivity index (χ1n) is 7.46. The first-order chi connectivity index (χ1) is 9.58. The van der Waals surface area contributed by atoms with Crippen molar-refractivity contribution in [2.24, 2.45) is 5.73 Å². The number of hydrogen-bond donors (Lipinski definition) is 2. The highest BCUT2D eigenvalue weighted by Gasteiger charge is 2.45. The summed E-state index contributed by atoms with van der Waals surface area (Å²) in [5.41, 5.74) is 8.20. The fourth-order valence-electron chi connectivity index (χ4n) is 2.80. The highest BCUT2D eigenvalue weighted by atomic mass is 35.5. The van der Waals surface area contributed by atoms with E-state index >= 15 is 0 Å². The van der Waals surface area contributed by atoms with Crippen LogP contribution < -0.4 is 11.1 Å². The third kappa shape index (κ3) is 4.13. The maximum absolute atomic E-state index is 11.9. The molecule has 1 aliphatic heterocycles. The molecule has 1 aromatic rings. The van der Waals surface area contributed by atoms with Crippen LogP contribution in [0.5, 0.6) is 0 Å². The predicted molar refractivity (Wildman–Crippen MR) is 93.7 cm³/mol. The maximum atomic E-state index is 11.9. The van der Waals surface area contributed by atoms with Gasteiger partial charge in [-0.2, -0.15) is 0 Å². The summed E-state index contributed by atoms with van der Waals surface area (Å²) in [6, 6.07) is 8.96. The average molecular weight is 346 g/mol. The lowest BCUT2D eigenvalue weighted by atomic mass is 9.99. The van der Waals surface area contributed by atoms with Crippen LogP contribution >= 0.6 is 24.8 Å². The molecule has 1 unspecified atom stereocenters. The number of carbonyl (C=O) groups excluding carboxylic acids is 1. The molecular weight excluding hydrogens is 321 g/mol. The van der Waals surface area contributed by atoms with Gasteiger partial charge in [-0.05, 0) is 37.3 Å². The van der Waals surface area contributed by atoms with Gasteiger partial charge >= 0.3 is 0 Å². The Hall–Kier alpha value is -0.810. The number of carbonyl (C=O) groups is 1. The lowest BCUT2D eigenvalue weighted by molar-refractivity contribution is -0.123. The summed E-state index contributed by atoms with van der Waals surface area (Å²) in [6.07, 6.45) is 2.74. The van der Waals surface area contributed by atoms with Crippen LogP contribution in [-0.2, 0) is 17.8 Å². The molecule has 6 heteroatoms. The third-order valence-electron chi connectivity index (χ3n) is 4.58. The van der Waals surface area contributed by atoms with Crippen LogP contribution in [0.4, 0.5) is 0 Å². The summed E-state index contributed by atoms with van der Waals surface area (Å²) in [6.45, 7) is 4.88. The van der Waals surface area contributed by atoms with Crippen molar-refractivity contribution in [2.45, 2.75) is 44.3 Å². The predicted octanol–water partition coefficient (Wildman–Crippen LogP) is 1.88. The summed E-state index contributed by atoms with van der Waals surface area (Å²) in [4.78, 5) is 14.3.